The summed E-state index contributed by atoms with van der Waals surface area (Å²) >= 11 is 0. The minimum atomic E-state index is -3.73. The zero-order valence-electron chi connectivity index (χ0n) is 20.2. The first kappa shape index (κ1) is 25.3. The van der Waals surface area contributed by atoms with Crippen LogP contribution in [0, 0.1) is 5.92 Å². The number of rotatable bonds is 7. The first-order chi connectivity index (χ1) is 16.8. The van der Waals surface area contributed by atoms with Gasteiger partial charge in [0.2, 0.25) is 15.9 Å². The standard InChI is InChI=1S/C26H33N3O5S/c1-18(2)24(26(31)27-23-12-6-8-19-7-3-4-11-22(19)23)28-25(30)20-9-5-10-21(17-20)35(32,33)29-13-15-34-16-14-29/h3-5,7,9-11,17-18,23-24H,6,8,12-16H2,1-2H3,(H,27,31)(H,28,30)/t23-,24-/m1/s1. The molecule has 1 fully saturated rings. The Bertz CT molecular complexity index is 1180. The summed E-state index contributed by atoms with van der Waals surface area (Å²) < 4.78 is 32.6. The van der Waals surface area contributed by atoms with Crippen LogP contribution in [0.15, 0.2) is 53.4 Å². The molecule has 1 heterocycles. The third-order valence-electron chi connectivity index (χ3n) is 6.63. The van der Waals surface area contributed by atoms with E-state index in [-0.39, 0.29) is 41.4 Å². The maximum Gasteiger partial charge on any atom is 0.251 e. The number of hydrogen-bond donors (Lipinski definition) is 2. The van der Waals surface area contributed by atoms with Crippen LogP contribution in [-0.2, 0) is 26.0 Å². The van der Waals surface area contributed by atoms with Crippen molar-refractivity contribution in [2.45, 2.75) is 50.1 Å². The third kappa shape index (κ3) is 5.74. The number of ether oxygens (including phenoxy) is 1. The van der Waals surface area contributed by atoms with E-state index in [4.69, 9.17) is 4.74 Å². The summed E-state index contributed by atoms with van der Waals surface area (Å²) in [4.78, 5) is 26.4. The summed E-state index contributed by atoms with van der Waals surface area (Å²) in [6.07, 6.45) is 2.84. The molecule has 1 saturated heterocycles. The molecule has 1 aliphatic carbocycles. The summed E-state index contributed by atoms with van der Waals surface area (Å²) in [6, 6.07) is 13.2. The minimum Gasteiger partial charge on any atom is -0.379 e. The highest BCUT2D eigenvalue weighted by Crippen LogP contribution is 2.29. The predicted octanol–water partition coefficient (Wildman–Crippen LogP) is 2.66. The normalized spacial score (nSPS) is 19.6. The van der Waals surface area contributed by atoms with Crippen LogP contribution in [0.4, 0.5) is 0 Å². The van der Waals surface area contributed by atoms with E-state index in [2.05, 4.69) is 16.7 Å². The van der Waals surface area contributed by atoms with E-state index in [0.717, 1.165) is 24.8 Å². The number of morpholine rings is 1. The molecule has 9 heteroatoms. The van der Waals surface area contributed by atoms with Gasteiger partial charge in [-0.25, -0.2) is 8.42 Å². The van der Waals surface area contributed by atoms with Crippen LogP contribution < -0.4 is 10.6 Å². The van der Waals surface area contributed by atoms with Crippen LogP contribution in [0.1, 0.15) is 54.2 Å². The number of hydrogen-bond acceptors (Lipinski definition) is 5. The number of amides is 2. The lowest BCUT2D eigenvalue weighted by atomic mass is 9.87. The molecule has 0 bridgehead atoms. The molecule has 0 unspecified atom stereocenters. The van der Waals surface area contributed by atoms with Crippen LogP contribution in [0.3, 0.4) is 0 Å². The third-order valence-corrected chi connectivity index (χ3v) is 8.52. The zero-order valence-corrected chi connectivity index (χ0v) is 21.0. The SMILES string of the molecule is CC(C)[C@@H](NC(=O)c1cccc(S(=O)(=O)N2CCOCC2)c1)C(=O)N[C@@H]1CCCc2ccccc21. The number of nitrogens with one attached hydrogen (secondary N) is 2. The summed E-state index contributed by atoms with van der Waals surface area (Å²) in [6.45, 7) is 4.99. The molecule has 2 amide bonds. The molecular weight excluding hydrogens is 466 g/mol. The van der Waals surface area contributed by atoms with E-state index in [1.165, 1.54) is 22.0 Å². The van der Waals surface area contributed by atoms with Gasteiger partial charge in [0.05, 0.1) is 24.2 Å². The van der Waals surface area contributed by atoms with Crippen molar-refractivity contribution in [3.8, 4) is 0 Å². The Morgan fingerprint density at radius 2 is 1.80 bits per heavy atom. The molecule has 4 rings (SSSR count). The second kappa shape index (κ2) is 10.9. The quantitative estimate of drug-likeness (QED) is 0.610. The summed E-state index contributed by atoms with van der Waals surface area (Å²) in [5, 5.41) is 5.95. The van der Waals surface area contributed by atoms with Crippen LogP contribution in [-0.4, -0.2) is 56.9 Å². The largest absolute Gasteiger partial charge is 0.379 e. The smallest absolute Gasteiger partial charge is 0.251 e. The number of fused-ring (bicyclic) bond motifs is 1. The van der Waals surface area contributed by atoms with Gasteiger partial charge in [0.1, 0.15) is 6.04 Å². The summed E-state index contributed by atoms with van der Waals surface area (Å²) in [7, 11) is -3.73. The van der Waals surface area contributed by atoms with Crippen molar-refractivity contribution in [1.29, 1.82) is 0 Å². The molecule has 0 spiro atoms. The van der Waals surface area contributed by atoms with Crippen LogP contribution in [0.2, 0.25) is 0 Å². The molecule has 2 N–H and O–H groups in total. The van der Waals surface area contributed by atoms with Gasteiger partial charge in [-0.2, -0.15) is 4.31 Å². The fourth-order valence-corrected chi connectivity index (χ4v) is 6.11. The average molecular weight is 500 g/mol. The van der Waals surface area contributed by atoms with E-state index >= 15 is 0 Å². The number of sulfonamides is 1. The Morgan fingerprint density at radius 1 is 1.06 bits per heavy atom. The molecule has 0 radical (unpaired) electrons. The lowest BCUT2D eigenvalue weighted by Gasteiger charge is -2.29. The Labute approximate surface area is 207 Å². The van der Waals surface area contributed by atoms with E-state index in [1.54, 1.807) is 12.1 Å². The van der Waals surface area contributed by atoms with E-state index in [1.807, 2.05) is 32.0 Å². The van der Waals surface area contributed by atoms with Crippen molar-refractivity contribution in [1.82, 2.24) is 14.9 Å². The molecule has 35 heavy (non-hydrogen) atoms. The number of aryl methyl sites for hydroxylation is 1. The predicted molar refractivity (Wildman–Crippen MR) is 132 cm³/mol. The molecule has 0 saturated carbocycles. The maximum absolute atomic E-state index is 13.2. The Morgan fingerprint density at radius 3 is 2.54 bits per heavy atom. The topological polar surface area (TPSA) is 105 Å². The van der Waals surface area contributed by atoms with Crippen LogP contribution in [0.5, 0.6) is 0 Å². The van der Waals surface area contributed by atoms with Gasteiger partial charge in [-0.3, -0.25) is 9.59 Å². The zero-order chi connectivity index (χ0) is 25.0. The first-order valence-corrected chi connectivity index (χ1v) is 13.6. The fraction of sp³-hybridized carbons (Fsp3) is 0.462. The Kier molecular flexibility index (Phi) is 7.88. The second-order valence-corrected chi connectivity index (χ2v) is 11.3. The van der Waals surface area contributed by atoms with Crippen molar-refractivity contribution >= 4 is 21.8 Å². The maximum atomic E-state index is 13.2. The molecule has 2 aliphatic rings. The average Bonchev–Trinajstić information content (AvgIpc) is 2.87. The molecule has 2 atom stereocenters. The fourth-order valence-electron chi connectivity index (χ4n) is 4.66. The van der Waals surface area contributed by atoms with Gasteiger partial charge in [-0.05, 0) is 54.5 Å². The highest BCUT2D eigenvalue weighted by molar-refractivity contribution is 7.89. The van der Waals surface area contributed by atoms with Crippen molar-refractivity contribution < 1.29 is 22.7 Å². The molecule has 0 aromatic heterocycles. The van der Waals surface area contributed by atoms with Gasteiger partial charge in [-0.1, -0.05) is 44.2 Å². The van der Waals surface area contributed by atoms with Crippen molar-refractivity contribution in [3.05, 3.63) is 65.2 Å². The Hall–Kier alpha value is -2.75. The second-order valence-electron chi connectivity index (χ2n) is 9.39. The monoisotopic (exact) mass is 499 g/mol. The molecule has 188 valence electrons. The number of carbonyl (C=O) groups excluding carboxylic acids is 2. The summed E-state index contributed by atoms with van der Waals surface area (Å²) in [5.74, 6) is -0.882. The van der Waals surface area contributed by atoms with Crippen LogP contribution in [0.25, 0.3) is 0 Å². The van der Waals surface area contributed by atoms with E-state index in [9.17, 15) is 18.0 Å². The molecular formula is C26H33N3O5S. The van der Waals surface area contributed by atoms with Gasteiger partial charge in [0.15, 0.2) is 0 Å². The van der Waals surface area contributed by atoms with Crippen LogP contribution >= 0.6 is 0 Å². The molecule has 2 aromatic carbocycles. The van der Waals surface area contributed by atoms with Gasteiger partial charge in [0.25, 0.3) is 5.91 Å². The molecule has 2 aromatic rings. The number of carbonyl (C=O) groups is 2. The van der Waals surface area contributed by atoms with Crippen molar-refractivity contribution in [3.63, 3.8) is 0 Å². The first-order valence-electron chi connectivity index (χ1n) is 12.1. The van der Waals surface area contributed by atoms with Gasteiger partial charge < -0.3 is 15.4 Å². The van der Waals surface area contributed by atoms with Gasteiger partial charge in [-0.15, -0.1) is 0 Å². The molecule has 1 aliphatic heterocycles. The Balaban J connectivity index is 1.48. The highest BCUT2D eigenvalue weighted by Gasteiger charge is 2.30. The highest BCUT2D eigenvalue weighted by atomic mass is 32.2. The number of benzene rings is 2. The molecule has 8 nitrogen and oxygen atoms in total. The van der Waals surface area contributed by atoms with Crippen molar-refractivity contribution in [2.75, 3.05) is 26.3 Å². The van der Waals surface area contributed by atoms with E-state index in [0.29, 0.717) is 13.2 Å². The lowest BCUT2D eigenvalue weighted by Crippen LogP contribution is -2.50. The van der Waals surface area contributed by atoms with Gasteiger partial charge in [0, 0.05) is 18.7 Å². The number of nitrogens with zero attached hydrogens (tertiary/aromatic N) is 1. The van der Waals surface area contributed by atoms with Crippen molar-refractivity contribution in [2.24, 2.45) is 5.92 Å². The van der Waals surface area contributed by atoms with E-state index < -0.39 is 22.0 Å². The summed E-state index contributed by atoms with van der Waals surface area (Å²) in [5.41, 5.74) is 2.57. The van der Waals surface area contributed by atoms with Gasteiger partial charge >= 0.3 is 0 Å². The lowest BCUT2D eigenvalue weighted by molar-refractivity contribution is -0.124. The minimum absolute atomic E-state index is 0.0522.